The number of carbonyl (C=O) groups excluding carboxylic acids is 3. The Morgan fingerprint density at radius 1 is 1.00 bits per heavy atom. The molecular formula is C21H20F3N3O4. The van der Waals surface area contributed by atoms with Gasteiger partial charge in [0.15, 0.2) is 0 Å². The summed E-state index contributed by atoms with van der Waals surface area (Å²) in [5, 5.41) is 4.26. The molecule has 0 fully saturated rings. The molecule has 0 saturated carbocycles. The van der Waals surface area contributed by atoms with E-state index in [1.165, 1.54) is 24.3 Å². The number of fused-ring (bicyclic) bond motifs is 1. The van der Waals surface area contributed by atoms with Crippen molar-refractivity contribution in [2.75, 3.05) is 29.9 Å². The Bertz CT molecular complexity index is 978. The highest BCUT2D eigenvalue weighted by Gasteiger charge is 2.28. The molecular weight excluding hydrogens is 415 g/mol. The average Bonchev–Trinajstić information content (AvgIpc) is 2.75. The fraction of sp³-hybridized carbons (Fsp3) is 0.286. The Morgan fingerprint density at radius 2 is 1.71 bits per heavy atom. The van der Waals surface area contributed by atoms with Crippen LogP contribution in [0.25, 0.3) is 0 Å². The van der Waals surface area contributed by atoms with Crippen molar-refractivity contribution in [2.24, 2.45) is 0 Å². The second kappa shape index (κ2) is 9.50. The lowest BCUT2D eigenvalue weighted by molar-refractivity contribution is -0.123. The SMILES string of the molecule is O=C(CCC(=O)N1CCOc2ccccc21)Nc1ccccc1C(=O)NCC(F)(F)F. The Balaban J connectivity index is 1.58. The third-order valence-electron chi connectivity index (χ3n) is 4.49. The van der Waals surface area contributed by atoms with Gasteiger partial charge in [-0.3, -0.25) is 14.4 Å². The molecule has 0 aliphatic carbocycles. The predicted molar refractivity (Wildman–Crippen MR) is 107 cm³/mol. The van der Waals surface area contributed by atoms with E-state index in [1.807, 2.05) is 0 Å². The third kappa shape index (κ3) is 5.97. The van der Waals surface area contributed by atoms with Crippen molar-refractivity contribution in [3.8, 4) is 5.75 Å². The predicted octanol–water partition coefficient (Wildman–Crippen LogP) is 3.12. The maximum atomic E-state index is 12.6. The van der Waals surface area contributed by atoms with Gasteiger partial charge in [-0.1, -0.05) is 24.3 Å². The maximum absolute atomic E-state index is 12.6. The number of benzene rings is 2. The highest BCUT2D eigenvalue weighted by atomic mass is 19.4. The molecule has 0 radical (unpaired) electrons. The fourth-order valence-corrected chi connectivity index (χ4v) is 3.06. The number of alkyl halides is 3. The number of para-hydroxylation sites is 3. The van der Waals surface area contributed by atoms with E-state index in [2.05, 4.69) is 5.32 Å². The highest BCUT2D eigenvalue weighted by Crippen LogP contribution is 2.31. The molecule has 0 saturated heterocycles. The molecule has 1 heterocycles. The molecule has 0 bridgehead atoms. The summed E-state index contributed by atoms with van der Waals surface area (Å²) in [6, 6.07) is 12.8. The van der Waals surface area contributed by atoms with Crippen molar-refractivity contribution in [3.63, 3.8) is 0 Å². The summed E-state index contributed by atoms with van der Waals surface area (Å²) in [5.41, 5.74) is 0.593. The van der Waals surface area contributed by atoms with Crippen LogP contribution in [0.5, 0.6) is 5.75 Å². The van der Waals surface area contributed by atoms with Crippen molar-refractivity contribution in [2.45, 2.75) is 19.0 Å². The van der Waals surface area contributed by atoms with Gasteiger partial charge in [0, 0.05) is 12.8 Å². The van der Waals surface area contributed by atoms with Crippen LogP contribution in [0.1, 0.15) is 23.2 Å². The van der Waals surface area contributed by atoms with E-state index in [9.17, 15) is 27.6 Å². The first kappa shape index (κ1) is 22.1. The summed E-state index contributed by atoms with van der Waals surface area (Å²) in [4.78, 5) is 38.5. The average molecular weight is 435 g/mol. The second-order valence-corrected chi connectivity index (χ2v) is 6.75. The zero-order chi connectivity index (χ0) is 22.4. The Hall–Kier alpha value is -3.56. The molecule has 0 unspecified atom stereocenters. The van der Waals surface area contributed by atoms with E-state index in [-0.39, 0.29) is 30.0 Å². The summed E-state index contributed by atoms with van der Waals surface area (Å²) in [5.74, 6) is -1.17. The zero-order valence-corrected chi connectivity index (χ0v) is 16.4. The number of hydrogen-bond acceptors (Lipinski definition) is 4. The Morgan fingerprint density at radius 3 is 2.48 bits per heavy atom. The number of amides is 3. The number of carbonyl (C=O) groups is 3. The minimum atomic E-state index is -4.55. The molecule has 2 aromatic carbocycles. The number of halogens is 3. The largest absolute Gasteiger partial charge is 0.490 e. The summed E-state index contributed by atoms with van der Waals surface area (Å²) in [6.45, 7) is -0.779. The molecule has 0 atom stereocenters. The molecule has 164 valence electrons. The lowest BCUT2D eigenvalue weighted by Crippen LogP contribution is -2.38. The maximum Gasteiger partial charge on any atom is 0.405 e. The molecule has 7 nitrogen and oxygen atoms in total. The molecule has 31 heavy (non-hydrogen) atoms. The Labute approximate surface area is 176 Å². The smallest absolute Gasteiger partial charge is 0.405 e. The van der Waals surface area contributed by atoms with E-state index in [1.54, 1.807) is 34.5 Å². The number of ether oxygens (including phenoxy) is 1. The van der Waals surface area contributed by atoms with Crippen molar-refractivity contribution >= 4 is 29.1 Å². The highest BCUT2D eigenvalue weighted by molar-refractivity contribution is 6.04. The topological polar surface area (TPSA) is 87.7 Å². The summed E-state index contributed by atoms with van der Waals surface area (Å²) in [7, 11) is 0. The van der Waals surface area contributed by atoms with Crippen LogP contribution in [0.15, 0.2) is 48.5 Å². The quantitative estimate of drug-likeness (QED) is 0.730. The number of anilines is 2. The van der Waals surface area contributed by atoms with E-state index in [4.69, 9.17) is 4.74 Å². The van der Waals surface area contributed by atoms with Crippen molar-refractivity contribution in [3.05, 3.63) is 54.1 Å². The van der Waals surface area contributed by atoms with Crippen LogP contribution in [-0.2, 0) is 9.59 Å². The van der Waals surface area contributed by atoms with Crippen molar-refractivity contribution < 1.29 is 32.3 Å². The van der Waals surface area contributed by atoms with Crippen LogP contribution in [0.3, 0.4) is 0 Å². The van der Waals surface area contributed by atoms with Gasteiger partial charge in [0.25, 0.3) is 5.91 Å². The number of hydrogen-bond donors (Lipinski definition) is 2. The molecule has 1 aliphatic rings. The number of nitrogens with zero attached hydrogens (tertiary/aromatic N) is 1. The molecule has 2 N–H and O–H groups in total. The monoisotopic (exact) mass is 435 g/mol. The van der Waals surface area contributed by atoms with Crippen LogP contribution < -0.4 is 20.3 Å². The molecule has 1 aliphatic heterocycles. The van der Waals surface area contributed by atoms with Gasteiger partial charge in [0.2, 0.25) is 11.8 Å². The van der Waals surface area contributed by atoms with Gasteiger partial charge in [-0.2, -0.15) is 13.2 Å². The van der Waals surface area contributed by atoms with Crippen LogP contribution in [0.2, 0.25) is 0 Å². The first-order valence-corrected chi connectivity index (χ1v) is 9.50. The molecule has 2 aromatic rings. The number of rotatable bonds is 6. The van der Waals surface area contributed by atoms with Crippen molar-refractivity contribution in [1.82, 2.24) is 5.32 Å². The van der Waals surface area contributed by atoms with Crippen LogP contribution >= 0.6 is 0 Å². The minimum absolute atomic E-state index is 0.0661. The van der Waals surface area contributed by atoms with Gasteiger partial charge in [0.1, 0.15) is 18.9 Å². The first-order chi connectivity index (χ1) is 14.7. The molecule has 3 amide bonds. The normalized spacial score (nSPS) is 13.1. The van der Waals surface area contributed by atoms with E-state index >= 15 is 0 Å². The van der Waals surface area contributed by atoms with Gasteiger partial charge in [0.05, 0.1) is 23.5 Å². The standard InChI is InChI=1S/C21H20F3N3O4/c22-21(23,24)13-25-20(30)14-5-1-2-6-15(14)26-18(28)9-10-19(29)27-11-12-31-17-8-4-3-7-16(17)27/h1-8H,9-13H2,(H,25,30)(H,26,28). The van der Waals surface area contributed by atoms with Gasteiger partial charge in [-0.25, -0.2) is 0 Å². The molecule has 3 rings (SSSR count). The fourth-order valence-electron chi connectivity index (χ4n) is 3.06. The zero-order valence-electron chi connectivity index (χ0n) is 16.4. The minimum Gasteiger partial charge on any atom is -0.490 e. The number of nitrogens with one attached hydrogen (secondary N) is 2. The van der Waals surface area contributed by atoms with Crippen LogP contribution in [-0.4, -0.2) is 43.6 Å². The molecule has 0 aromatic heterocycles. The van der Waals surface area contributed by atoms with E-state index < -0.39 is 24.5 Å². The lowest BCUT2D eigenvalue weighted by Gasteiger charge is -2.29. The van der Waals surface area contributed by atoms with E-state index in [0.29, 0.717) is 24.6 Å². The second-order valence-electron chi connectivity index (χ2n) is 6.75. The first-order valence-electron chi connectivity index (χ1n) is 9.50. The van der Waals surface area contributed by atoms with Gasteiger partial charge in [-0.15, -0.1) is 0 Å². The lowest BCUT2D eigenvalue weighted by atomic mass is 10.1. The molecule has 0 spiro atoms. The van der Waals surface area contributed by atoms with Crippen LogP contribution in [0, 0.1) is 0 Å². The summed E-state index contributed by atoms with van der Waals surface area (Å²) >= 11 is 0. The van der Waals surface area contributed by atoms with Crippen LogP contribution in [0.4, 0.5) is 24.5 Å². The summed E-state index contributed by atoms with van der Waals surface area (Å²) < 4.78 is 42.5. The summed E-state index contributed by atoms with van der Waals surface area (Å²) in [6.07, 6.45) is -4.79. The van der Waals surface area contributed by atoms with E-state index in [0.717, 1.165) is 0 Å². The molecule has 10 heteroatoms. The third-order valence-corrected chi connectivity index (χ3v) is 4.49. The van der Waals surface area contributed by atoms with Crippen molar-refractivity contribution in [1.29, 1.82) is 0 Å². The van der Waals surface area contributed by atoms with Gasteiger partial charge in [-0.05, 0) is 24.3 Å². The Kier molecular flexibility index (Phi) is 6.78. The van der Waals surface area contributed by atoms with Gasteiger partial charge < -0.3 is 20.3 Å². The van der Waals surface area contributed by atoms with Gasteiger partial charge >= 0.3 is 6.18 Å².